The van der Waals surface area contributed by atoms with Crippen LogP contribution in [0.15, 0.2) is 24.4 Å². The van der Waals surface area contributed by atoms with Crippen LogP contribution < -0.4 is 11.1 Å². The van der Waals surface area contributed by atoms with Crippen LogP contribution in [0, 0.1) is 5.92 Å². The summed E-state index contributed by atoms with van der Waals surface area (Å²) in [7, 11) is 0. The molecule has 1 fully saturated rings. The van der Waals surface area contributed by atoms with E-state index in [2.05, 4.69) is 25.5 Å². The summed E-state index contributed by atoms with van der Waals surface area (Å²) in [5.74, 6) is -4.14. The number of nitrogens with zero attached hydrogens (tertiary/aromatic N) is 4. The third-order valence-electron chi connectivity index (χ3n) is 6.54. The maximum Gasteiger partial charge on any atom is 0.389 e. The lowest BCUT2D eigenvalue weighted by atomic mass is 9.82. The van der Waals surface area contributed by atoms with Crippen LogP contribution in [0.5, 0.6) is 0 Å². The van der Waals surface area contributed by atoms with Crippen molar-refractivity contribution in [2.45, 2.75) is 69.6 Å². The number of amides is 2. The van der Waals surface area contributed by atoms with Crippen molar-refractivity contribution < 1.29 is 31.5 Å². The number of alkyl halides is 5. The van der Waals surface area contributed by atoms with Crippen LogP contribution in [-0.2, 0) is 4.79 Å². The minimum absolute atomic E-state index is 0.0698. The number of primary amides is 1. The number of hydrogen-bond donors (Lipinski definition) is 3. The molecule has 0 radical (unpaired) electrons. The SMILES string of the molecule is C[C@@H](NC(=O)CCC(F)(F)F)c1ccc2nc([C@H](C3CCC(F)(F)CC3)n3ncc(C(N)=O)n3)[nH]c2c1. The summed E-state index contributed by atoms with van der Waals surface area (Å²) in [5, 5.41) is 10.8. The number of hydrogen-bond acceptors (Lipinski definition) is 5. The van der Waals surface area contributed by atoms with Crippen LogP contribution >= 0.6 is 0 Å². The molecular formula is C23H26F5N7O2. The molecular weight excluding hydrogens is 501 g/mol. The van der Waals surface area contributed by atoms with Crippen molar-refractivity contribution in [3.8, 4) is 0 Å². The van der Waals surface area contributed by atoms with Gasteiger partial charge in [-0.1, -0.05) is 6.07 Å². The van der Waals surface area contributed by atoms with Crippen LogP contribution in [0.4, 0.5) is 22.0 Å². The van der Waals surface area contributed by atoms with Gasteiger partial charge in [-0.2, -0.15) is 23.1 Å². The summed E-state index contributed by atoms with van der Waals surface area (Å²) in [6.45, 7) is 1.65. The minimum Gasteiger partial charge on any atom is -0.364 e. The van der Waals surface area contributed by atoms with Crippen LogP contribution in [0.3, 0.4) is 0 Å². The average molecular weight is 527 g/mol. The monoisotopic (exact) mass is 527 g/mol. The Balaban J connectivity index is 1.59. The molecule has 200 valence electrons. The summed E-state index contributed by atoms with van der Waals surface area (Å²) < 4.78 is 64.8. The highest BCUT2D eigenvalue weighted by molar-refractivity contribution is 5.90. The number of rotatable bonds is 8. The third kappa shape index (κ3) is 6.41. The molecule has 2 atom stereocenters. The molecule has 0 bridgehead atoms. The maximum atomic E-state index is 13.8. The number of benzene rings is 1. The smallest absolute Gasteiger partial charge is 0.364 e. The Morgan fingerprint density at radius 3 is 2.59 bits per heavy atom. The fourth-order valence-electron chi connectivity index (χ4n) is 4.53. The first kappa shape index (κ1) is 26.5. The Kier molecular flexibility index (Phi) is 7.20. The zero-order chi connectivity index (χ0) is 27.0. The molecule has 0 spiro atoms. The van der Waals surface area contributed by atoms with Gasteiger partial charge in [0.15, 0.2) is 5.69 Å². The Labute approximate surface area is 208 Å². The van der Waals surface area contributed by atoms with Gasteiger partial charge in [0.05, 0.1) is 29.7 Å². The van der Waals surface area contributed by atoms with Crippen molar-refractivity contribution >= 4 is 22.8 Å². The Bertz CT molecular complexity index is 1280. The summed E-state index contributed by atoms with van der Waals surface area (Å²) >= 11 is 0. The van der Waals surface area contributed by atoms with Crippen molar-refractivity contribution in [1.29, 1.82) is 0 Å². The summed E-state index contributed by atoms with van der Waals surface area (Å²) in [6.07, 6.45) is -5.31. The molecule has 9 nitrogen and oxygen atoms in total. The number of carbonyl (C=O) groups is 2. The Hall–Kier alpha value is -3.58. The van der Waals surface area contributed by atoms with E-state index in [1.54, 1.807) is 25.1 Å². The molecule has 1 aliphatic carbocycles. The molecule has 0 saturated heterocycles. The lowest BCUT2D eigenvalue weighted by Gasteiger charge is -2.32. The molecule has 1 aromatic carbocycles. The van der Waals surface area contributed by atoms with E-state index in [-0.39, 0.29) is 37.3 Å². The lowest BCUT2D eigenvalue weighted by molar-refractivity contribution is -0.144. The van der Waals surface area contributed by atoms with E-state index in [1.165, 1.54) is 11.0 Å². The second kappa shape index (κ2) is 10.1. The number of halogens is 5. The molecule has 0 aliphatic heterocycles. The molecule has 4 rings (SSSR count). The largest absolute Gasteiger partial charge is 0.389 e. The van der Waals surface area contributed by atoms with Gasteiger partial charge in [0, 0.05) is 19.3 Å². The number of aromatic amines is 1. The van der Waals surface area contributed by atoms with Gasteiger partial charge in [-0.25, -0.2) is 13.8 Å². The van der Waals surface area contributed by atoms with Crippen LogP contribution in [0.25, 0.3) is 11.0 Å². The van der Waals surface area contributed by atoms with Crippen LogP contribution in [-0.4, -0.2) is 48.9 Å². The lowest BCUT2D eigenvalue weighted by Crippen LogP contribution is -2.32. The second-order valence-corrected chi connectivity index (χ2v) is 9.36. The molecule has 1 saturated carbocycles. The molecule has 3 aromatic rings. The third-order valence-corrected chi connectivity index (χ3v) is 6.54. The predicted octanol–water partition coefficient (Wildman–Crippen LogP) is 4.19. The van der Waals surface area contributed by atoms with Crippen LogP contribution in [0.2, 0.25) is 0 Å². The molecule has 4 N–H and O–H groups in total. The Morgan fingerprint density at radius 2 is 1.97 bits per heavy atom. The first-order valence-electron chi connectivity index (χ1n) is 11.8. The van der Waals surface area contributed by atoms with Gasteiger partial charge in [0.1, 0.15) is 11.9 Å². The van der Waals surface area contributed by atoms with Crippen molar-refractivity contribution in [3.05, 3.63) is 41.5 Å². The predicted molar refractivity (Wildman–Crippen MR) is 122 cm³/mol. The minimum atomic E-state index is -4.42. The number of imidazole rings is 1. The van der Waals surface area contributed by atoms with E-state index < -0.39 is 48.8 Å². The van der Waals surface area contributed by atoms with E-state index in [0.29, 0.717) is 22.4 Å². The van der Waals surface area contributed by atoms with Gasteiger partial charge in [-0.05, 0) is 43.4 Å². The van der Waals surface area contributed by atoms with Gasteiger partial charge in [-0.3, -0.25) is 9.59 Å². The maximum absolute atomic E-state index is 13.8. The van der Waals surface area contributed by atoms with Gasteiger partial charge >= 0.3 is 6.18 Å². The van der Waals surface area contributed by atoms with Crippen molar-refractivity contribution in [2.24, 2.45) is 11.7 Å². The molecule has 37 heavy (non-hydrogen) atoms. The van der Waals surface area contributed by atoms with Crippen LogP contribution in [0.1, 0.15) is 79.4 Å². The van der Waals surface area contributed by atoms with Gasteiger partial charge in [-0.15, -0.1) is 5.10 Å². The summed E-state index contributed by atoms with van der Waals surface area (Å²) in [6, 6.07) is 3.84. The number of fused-ring (bicyclic) bond motifs is 1. The molecule has 0 unspecified atom stereocenters. The standard InChI is InChI=1S/C23H26F5N7O2/c1-12(31-18(36)6-9-23(26,27)28)14-2-3-15-16(10-14)33-21(32-15)19(13-4-7-22(24,25)8-5-13)35-30-11-17(34-35)20(29)37/h2-3,10-13,19H,4-9H2,1H3,(H2,29,37)(H,31,36)(H,32,33)/t12-,19+/m1/s1. The second-order valence-electron chi connectivity index (χ2n) is 9.36. The van der Waals surface area contributed by atoms with Gasteiger partial charge in [0.25, 0.3) is 5.91 Å². The molecule has 14 heteroatoms. The molecule has 2 amide bonds. The number of nitrogens with one attached hydrogen (secondary N) is 2. The fraction of sp³-hybridized carbons (Fsp3) is 0.522. The number of carbonyl (C=O) groups excluding carboxylic acids is 2. The van der Waals surface area contributed by atoms with Crippen molar-refractivity contribution in [2.75, 3.05) is 0 Å². The summed E-state index contributed by atoms with van der Waals surface area (Å²) in [4.78, 5) is 32.5. The quantitative estimate of drug-likeness (QED) is 0.378. The first-order valence-corrected chi connectivity index (χ1v) is 11.8. The average Bonchev–Trinajstić information content (AvgIpc) is 3.45. The number of aromatic nitrogens is 5. The van der Waals surface area contributed by atoms with Crippen molar-refractivity contribution in [1.82, 2.24) is 30.3 Å². The highest BCUT2D eigenvalue weighted by atomic mass is 19.4. The zero-order valence-electron chi connectivity index (χ0n) is 19.9. The first-order chi connectivity index (χ1) is 17.3. The van der Waals surface area contributed by atoms with E-state index in [0.717, 1.165) is 0 Å². The highest BCUT2D eigenvalue weighted by Crippen LogP contribution is 2.42. The fourth-order valence-corrected chi connectivity index (χ4v) is 4.53. The van der Waals surface area contributed by atoms with E-state index in [4.69, 9.17) is 5.73 Å². The van der Waals surface area contributed by atoms with E-state index in [1.807, 2.05) is 0 Å². The molecule has 1 aliphatic rings. The normalized spacial score (nSPS) is 18.0. The topological polar surface area (TPSA) is 132 Å². The molecule has 2 aromatic heterocycles. The van der Waals surface area contributed by atoms with Gasteiger partial charge < -0.3 is 16.0 Å². The zero-order valence-corrected chi connectivity index (χ0v) is 19.9. The van der Waals surface area contributed by atoms with E-state index >= 15 is 0 Å². The van der Waals surface area contributed by atoms with Gasteiger partial charge in [0.2, 0.25) is 11.8 Å². The van der Waals surface area contributed by atoms with E-state index in [9.17, 15) is 31.5 Å². The van der Waals surface area contributed by atoms with Crippen molar-refractivity contribution in [3.63, 3.8) is 0 Å². The Morgan fingerprint density at radius 1 is 1.27 bits per heavy atom. The molecule has 2 heterocycles. The summed E-state index contributed by atoms with van der Waals surface area (Å²) in [5.41, 5.74) is 6.97. The number of nitrogens with two attached hydrogens (primary N) is 1. The number of H-pyrrole nitrogens is 1. The highest BCUT2D eigenvalue weighted by Gasteiger charge is 2.40.